The fourth-order valence-corrected chi connectivity index (χ4v) is 2.97. The Morgan fingerprint density at radius 3 is 3.18 bits per heavy atom. The summed E-state index contributed by atoms with van der Waals surface area (Å²) in [5.41, 5.74) is 1.49. The van der Waals surface area contributed by atoms with Crippen molar-refractivity contribution >= 4 is 0 Å². The van der Waals surface area contributed by atoms with Gasteiger partial charge in [0.1, 0.15) is 5.75 Å². The van der Waals surface area contributed by atoms with E-state index in [1.165, 1.54) is 5.56 Å². The zero-order chi connectivity index (χ0) is 11.9. The highest BCUT2D eigenvalue weighted by Gasteiger charge is 2.40. The van der Waals surface area contributed by atoms with Crippen molar-refractivity contribution in [2.45, 2.75) is 25.4 Å². The number of rotatable bonds is 1. The van der Waals surface area contributed by atoms with Crippen LogP contribution in [0.3, 0.4) is 0 Å². The molecule has 1 saturated heterocycles. The lowest BCUT2D eigenvalue weighted by Crippen LogP contribution is -2.46. The maximum Gasteiger partial charge on any atom is 0.128 e. The molecule has 1 fully saturated rings. The van der Waals surface area contributed by atoms with E-state index >= 15 is 0 Å². The summed E-state index contributed by atoms with van der Waals surface area (Å²) in [7, 11) is 0. The Morgan fingerprint density at radius 2 is 2.35 bits per heavy atom. The summed E-state index contributed by atoms with van der Waals surface area (Å²) in [5, 5.41) is 14.3. The van der Waals surface area contributed by atoms with Gasteiger partial charge in [0, 0.05) is 24.4 Å². The number of para-hydroxylation sites is 1. The molecule has 0 aromatic heterocycles. The second-order valence-corrected chi connectivity index (χ2v) is 5.17. The third-order valence-corrected chi connectivity index (χ3v) is 4.13. The lowest BCUT2D eigenvalue weighted by atomic mass is 9.77. The molecule has 0 saturated carbocycles. The van der Waals surface area contributed by atoms with Crippen LogP contribution >= 0.6 is 0 Å². The third kappa shape index (κ3) is 1.65. The Hall–Kier alpha value is -1.06. The fourth-order valence-electron chi connectivity index (χ4n) is 2.97. The molecule has 92 valence electrons. The second-order valence-electron chi connectivity index (χ2n) is 5.17. The molecule has 1 aromatic rings. The standard InChI is InChI=1S/C14H19NO2/c1-10-9-15-7-6-14(10,16)12-4-2-3-11-5-8-17-13(11)12/h2-4,10,15-16H,5-9H2,1H3. The molecule has 3 rings (SSSR count). The normalized spacial score (nSPS) is 32.0. The quantitative estimate of drug-likeness (QED) is 0.771. The highest BCUT2D eigenvalue weighted by Crippen LogP contribution is 2.42. The molecule has 0 amide bonds. The Morgan fingerprint density at radius 1 is 1.47 bits per heavy atom. The topological polar surface area (TPSA) is 41.5 Å². The molecule has 2 aliphatic rings. The van der Waals surface area contributed by atoms with Gasteiger partial charge in [-0.05, 0) is 18.5 Å². The average Bonchev–Trinajstić information content (AvgIpc) is 2.81. The fraction of sp³-hybridized carbons (Fsp3) is 0.571. The number of hydrogen-bond donors (Lipinski definition) is 2. The number of nitrogens with one attached hydrogen (secondary N) is 1. The average molecular weight is 233 g/mol. The van der Waals surface area contributed by atoms with E-state index in [4.69, 9.17) is 4.74 Å². The molecule has 2 aliphatic heterocycles. The van der Waals surface area contributed by atoms with E-state index in [-0.39, 0.29) is 5.92 Å². The molecule has 2 heterocycles. The van der Waals surface area contributed by atoms with Gasteiger partial charge < -0.3 is 15.2 Å². The highest BCUT2D eigenvalue weighted by molar-refractivity contribution is 5.47. The number of aliphatic hydroxyl groups is 1. The molecule has 2 unspecified atom stereocenters. The summed E-state index contributed by atoms with van der Waals surface area (Å²) in [6.45, 7) is 4.57. The van der Waals surface area contributed by atoms with E-state index < -0.39 is 5.60 Å². The number of benzene rings is 1. The maximum atomic E-state index is 11.0. The predicted octanol–water partition coefficient (Wildman–Crippen LogP) is 1.44. The minimum Gasteiger partial charge on any atom is -0.493 e. The SMILES string of the molecule is CC1CNCCC1(O)c1cccc2c1OCC2. The van der Waals surface area contributed by atoms with Crippen LogP contribution in [0.25, 0.3) is 0 Å². The van der Waals surface area contributed by atoms with E-state index in [9.17, 15) is 5.11 Å². The summed E-state index contributed by atoms with van der Waals surface area (Å²) in [5.74, 6) is 1.15. The number of piperidine rings is 1. The Kier molecular flexibility index (Phi) is 2.60. The largest absolute Gasteiger partial charge is 0.493 e. The molecule has 0 aliphatic carbocycles. The smallest absolute Gasteiger partial charge is 0.128 e. The van der Waals surface area contributed by atoms with Gasteiger partial charge in [-0.1, -0.05) is 25.1 Å². The molecule has 0 bridgehead atoms. The van der Waals surface area contributed by atoms with E-state index in [1.54, 1.807) is 0 Å². The van der Waals surface area contributed by atoms with Crippen LogP contribution in [-0.4, -0.2) is 24.8 Å². The van der Waals surface area contributed by atoms with Crippen LogP contribution in [0.4, 0.5) is 0 Å². The van der Waals surface area contributed by atoms with Gasteiger partial charge >= 0.3 is 0 Å². The molecule has 2 N–H and O–H groups in total. The number of fused-ring (bicyclic) bond motifs is 1. The Bertz CT molecular complexity index is 432. The van der Waals surface area contributed by atoms with E-state index in [2.05, 4.69) is 18.3 Å². The van der Waals surface area contributed by atoms with Crippen LogP contribution in [0.2, 0.25) is 0 Å². The summed E-state index contributed by atoms with van der Waals surface area (Å²) < 4.78 is 5.72. The Labute approximate surface area is 102 Å². The molecular weight excluding hydrogens is 214 g/mol. The molecule has 1 aromatic carbocycles. The van der Waals surface area contributed by atoms with E-state index in [0.717, 1.165) is 43.9 Å². The van der Waals surface area contributed by atoms with Gasteiger partial charge in [0.2, 0.25) is 0 Å². The van der Waals surface area contributed by atoms with Crippen molar-refractivity contribution < 1.29 is 9.84 Å². The first-order valence-electron chi connectivity index (χ1n) is 6.40. The van der Waals surface area contributed by atoms with Crippen LogP contribution in [0.15, 0.2) is 18.2 Å². The van der Waals surface area contributed by atoms with Crippen molar-refractivity contribution in [3.8, 4) is 5.75 Å². The summed E-state index contributed by atoms with van der Waals surface area (Å²) in [6, 6.07) is 6.16. The zero-order valence-electron chi connectivity index (χ0n) is 10.2. The van der Waals surface area contributed by atoms with Crippen molar-refractivity contribution in [1.82, 2.24) is 5.32 Å². The van der Waals surface area contributed by atoms with Gasteiger partial charge in [-0.25, -0.2) is 0 Å². The van der Waals surface area contributed by atoms with Crippen LogP contribution < -0.4 is 10.1 Å². The summed E-state index contributed by atoms with van der Waals surface area (Å²) in [6.07, 6.45) is 1.72. The van der Waals surface area contributed by atoms with Crippen LogP contribution in [0, 0.1) is 5.92 Å². The second kappa shape index (κ2) is 4.00. The van der Waals surface area contributed by atoms with Crippen molar-refractivity contribution in [2.24, 2.45) is 5.92 Å². The van der Waals surface area contributed by atoms with Gasteiger partial charge in [-0.3, -0.25) is 0 Å². The van der Waals surface area contributed by atoms with Gasteiger partial charge in [-0.15, -0.1) is 0 Å². The zero-order valence-corrected chi connectivity index (χ0v) is 10.2. The molecule has 3 heteroatoms. The molecule has 0 spiro atoms. The Balaban J connectivity index is 2.06. The molecule has 17 heavy (non-hydrogen) atoms. The van der Waals surface area contributed by atoms with Crippen molar-refractivity contribution in [3.05, 3.63) is 29.3 Å². The van der Waals surface area contributed by atoms with Crippen molar-refractivity contribution in [2.75, 3.05) is 19.7 Å². The summed E-state index contributed by atoms with van der Waals surface area (Å²) in [4.78, 5) is 0. The first-order chi connectivity index (χ1) is 8.22. The minimum atomic E-state index is -0.735. The third-order valence-electron chi connectivity index (χ3n) is 4.13. The van der Waals surface area contributed by atoms with E-state index in [0.29, 0.717) is 0 Å². The van der Waals surface area contributed by atoms with Gasteiger partial charge in [0.15, 0.2) is 0 Å². The molecule has 3 nitrogen and oxygen atoms in total. The number of ether oxygens (including phenoxy) is 1. The lowest BCUT2D eigenvalue weighted by molar-refractivity contribution is -0.0408. The molecule has 0 radical (unpaired) electrons. The van der Waals surface area contributed by atoms with E-state index in [1.807, 2.05) is 12.1 Å². The maximum absolute atomic E-state index is 11.0. The molecule has 2 atom stereocenters. The lowest BCUT2D eigenvalue weighted by Gasteiger charge is -2.39. The minimum absolute atomic E-state index is 0.215. The first-order valence-corrected chi connectivity index (χ1v) is 6.40. The number of hydrogen-bond acceptors (Lipinski definition) is 3. The van der Waals surface area contributed by atoms with Crippen molar-refractivity contribution in [1.29, 1.82) is 0 Å². The molecular formula is C14H19NO2. The van der Waals surface area contributed by atoms with Crippen LogP contribution in [-0.2, 0) is 12.0 Å². The monoisotopic (exact) mass is 233 g/mol. The van der Waals surface area contributed by atoms with Crippen LogP contribution in [0.5, 0.6) is 5.75 Å². The summed E-state index contributed by atoms with van der Waals surface area (Å²) >= 11 is 0. The van der Waals surface area contributed by atoms with Crippen LogP contribution in [0.1, 0.15) is 24.5 Å². The highest BCUT2D eigenvalue weighted by atomic mass is 16.5. The van der Waals surface area contributed by atoms with Crippen molar-refractivity contribution in [3.63, 3.8) is 0 Å². The van der Waals surface area contributed by atoms with Gasteiger partial charge in [0.05, 0.1) is 12.2 Å². The van der Waals surface area contributed by atoms with Gasteiger partial charge in [-0.2, -0.15) is 0 Å². The van der Waals surface area contributed by atoms with Gasteiger partial charge in [0.25, 0.3) is 0 Å². The first kappa shape index (κ1) is 11.1. The predicted molar refractivity (Wildman–Crippen MR) is 66.2 cm³/mol.